The first kappa shape index (κ1) is 13.3. The summed E-state index contributed by atoms with van der Waals surface area (Å²) in [6, 6.07) is 6.87. The second kappa shape index (κ2) is 5.26. The van der Waals surface area contributed by atoms with Crippen LogP contribution in [0, 0.1) is 24.4 Å². The molecule has 0 atom stereocenters. The van der Waals surface area contributed by atoms with E-state index >= 15 is 0 Å². The summed E-state index contributed by atoms with van der Waals surface area (Å²) in [7, 11) is 0. The van der Waals surface area contributed by atoms with Gasteiger partial charge in [0, 0.05) is 12.5 Å². The zero-order valence-electron chi connectivity index (χ0n) is 10.2. The number of hydrogen-bond acceptors (Lipinski definition) is 1. The largest absolute Gasteiger partial charge is 0.294 e. The molecule has 4 heteroatoms. The van der Waals surface area contributed by atoms with Crippen LogP contribution in [0.15, 0.2) is 36.4 Å². The van der Waals surface area contributed by atoms with E-state index in [1.54, 1.807) is 13.0 Å². The van der Waals surface area contributed by atoms with Crippen molar-refractivity contribution in [2.75, 3.05) is 0 Å². The molecular formula is C15H11F3O. The maximum atomic E-state index is 13.4. The van der Waals surface area contributed by atoms with Gasteiger partial charge in [-0.3, -0.25) is 4.79 Å². The van der Waals surface area contributed by atoms with E-state index < -0.39 is 23.2 Å². The minimum absolute atomic E-state index is 0.119. The number of hydrogen-bond donors (Lipinski definition) is 0. The maximum absolute atomic E-state index is 13.4. The first-order valence-electron chi connectivity index (χ1n) is 5.70. The van der Waals surface area contributed by atoms with E-state index in [0.29, 0.717) is 11.6 Å². The number of halogens is 3. The summed E-state index contributed by atoms with van der Waals surface area (Å²) in [5.41, 5.74) is 1.05. The van der Waals surface area contributed by atoms with Crippen molar-refractivity contribution >= 4 is 5.78 Å². The zero-order valence-corrected chi connectivity index (χ0v) is 10.2. The molecule has 1 nitrogen and oxygen atoms in total. The number of aryl methyl sites for hydroxylation is 1. The number of carbonyl (C=O) groups is 1. The lowest BCUT2D eigenvalue weighted by atomic mass is 9.99. The Labute approximate surface area is 108 Å². The minimum atomic E-state index is -0.904. The minimum Gasteiger partial charge on any atom is -0.294 e. The van der Waals surface area contributed by atoms with Crippen LogP contribution in [0.1, 0.15) is 21.5 Å². The van der Waals surface area contributed by atoms with Crippen LogP contribution in [-0.4, -0.2) is 5.78 Å². The van der Waals surface area contributed by atoms with Crippen LogP contribution in [-0.2, 0) is 6.42 Å². The van der Waals surface area contributed by atoms with Crippen molar-refractivity contribution in [2.45, 2.75) is 13.3 Å². The summed E-state index contributed by atoms with van der Waals surface area (Å²) in [6.45, 7) is 1.74. The molecule has 98 valence electrons. The van der Waals surface area contributed by atoms with Gasteiger partial charge in [-0.15, -0.1) is 0 Å². The SMILES string of the molecule is Cc1ccc(F)cc1CC(=O)c1ccc(F)cc1F. The Morgan fingerprint density at radius 1 is 1.00 bits per heavy atom. The van der Waals surface area contributed by atoms with Crippen LogP contribution >= 0.6 is 0 Å². The highest BCUT2D eigenvalue weighted by Crippen LogP contribution is 2.16. The van der Waals surface area contributed by atoms with Crippen LogP contribution in [0.4, 0.5) is 13.2 Å². The molecule has 0 N–H and O–H groups in total. The monoisotopic (exact) mass is 264 g/mol. The number of ketones is 1. The molecule has 0 saturated heterocycles. The van der Waals surface area contributed by atoms with Crippen LogP contribution in [0.3, 0.4) is 0 Å². The summed E-state index contributed by atoms with van der Waals surface area (Å²) >= 11 is 0. The van der Waals surface area contributed by atoms with E-state index in [9.17, 15) is 18.0 Å². The van der Waals surface area contributed by atoms with Crippen molar-refractivity contribution in [3.63, 3.8) is 0 Å². The normalized spacial score (nSPS) is 10.5. The van der Waals surface area contributed by atoms with Crippen molar-refractivity contribution < 1.29 is 18.0 Å². The van der Waals surface area contributed by atoms with Gasteiger partial charge in [0.15, 0.2) is 5.78 Å². The number of carbonyl (C=O) groups excluding carboxylic acids is 1. The summed E-state index contributed by atoms with van der Waals surface area (Å²) in [6.07, 6.45) is -0.119. The summed E-state index contributed by atoms with van der Waals surface area (Å²) in [5.74, 6) is -2.60. The lowest BCUT2D eigenvalue weighted by Crippen LogP contribution is -2.08. The fraction of sp³-hybridized carbons (Fsp3) is 0.133. The molecule has 2 aromatic rings. The molecule has 0 spiro atoms. The Hall–Kier alpha value is -2.10. The average Bonchev–Trinajstić information content (AvgIpc) is 2.33. The molecule has 0 aliphatic carbocycles. The van der Waals surface area contributed by atoms with Gasteiger partial charge in [-0.2, -0.15) is 0 Å². The molecule has 0 bridgehead atoms. The smallest absolute Gasteiger partial charge is 0.170 e. The highest BCUT2D eigenvalue weighted by atomic mass is 19.1. The molecule has 0 aromatic heterocycles. The van der Waals surface area contributed by atoms with Crippen molar-refractivity contribution in [1.82, 2.24) is 0 Å². The first-order valence-corrected chi connectivity index (χ1v) is 5.70. The predicted molar refractivity (Wildman–Crippen MR) is 65.5 cm³/mol. The van der Waals surface area contributed by atoms with Crippen LogP contribution < -0.4 is 0 Å². The molecule has 0 heterocycles. The molecule has 2 rings (SSSR count). The summed E-state index contributed by atoms with van der Waals surface area (Å²) in [5, 5.41) is 0. The van der Waals surface area contributed by atoms with E-state index in [0.717, 1.165) is 17.7 Å². The second-order valence-corrected chi connectivity index (χ2v) is 4.29. The molecule has 19 heavy (non-hydrogen) atoms. The molecule has 0 fully saturated rings. The molecule has 0 aliphatic heterocycles. The van der Waals surface area contributed by atoms with Crippen molar-refractivity contribution in [3.8, 4) is 0 Å². The van der Waals surface area contributed by atoms with Crippen molar-refractivity contribution in [1.29, 1.82) is 0 Å². The summed E-state index contributed by atoms with van der Waals surface area (Å²) < 4.78 is 39.3. The molecule has 0 unspecified atom stereocenters. The fourth-order valence-corrected chi connectivity index (χ4v) is 1.81. The van der Waals surface area contributed by atoms with Crippen LogP contribution in [0.2, 0.25) is 0 Å². The molecular weight excluding hydrogens is 253 g/mol. The Morgan fingerprint density at radius 3 is 2.32 bits per heavy atom. The number of Topliss-reactive ketones (excluding diaryl/α,β-unsaturated/α-hetero) is 1. The quantitative estimate of drug-likeness (QED) is 0.770. The Morgan fingerprint density at radius 2 is 1.63 bits per heavy atom. The molecule has 0 amide bonds. The molecule has 0 aliphatic rings. The topological polar surface area (TPSA) is 17.1 Å². The third kappa shape index (κ3) is 3.02. The predicted octanol–water partition coefficient (Wildman–Crippen LogP) is 3.84. The van der Waals surface area contributed by atoms with Gasteiger partial charge in [0.2, 0.25) is 0 Å². The Balaban J connectivity index is 2.28. The Kier molecular flexibility index (Phi) is 3.69. The first-order chi connectivity index (χ1) is 8.97. The van der Waals surface area contributed by atoms with E-state index in [1.165, 1.54) is 12.1 Å². The van der Waals surface area contributed by atoms with Gasteiger partial charge in [-0.1, -0.05) is 6.07 Å². The van der Waals surface area contributed by atoms with Crippen molar-refractivity contribution in [3.05, 3.63) is 70.5 Å². The van der Waals surface area contributed by atoms with E-state index in [2.05, 4.69) is 0 Å². The van der Waals surface area contributed by atoms with Gasteiger partial charge in [-0.05, 0) is 42.3 Å². The van der Waals surface area contributed by atoms with Gasteiger partial charge < -0.3 is 0 Å². The van der Waals surface area contributed by atoms with Gasteiger partial charge in [0.1, 0.15) is 17.5 Å². The van der Waals surface area contributed by atoms with Gasteiger partial charge in [0.25, 0.3) is 0 Å². The maximum Gasteiger partial charge on any atom is 0.170 e. The third-order valence-corrected chi connectivity index (χ3v) is 2.89. The van der Waals surface area contributed by atoms with Gasteiger partial charge >= 0.3 is 0 Å². The van der Waals surface area contributed by atoms with Crippen LogP contribution in [0.5, 0.6) is 0 Å². The second-order valence-electron chi connectivity index (χ2n) is 4.29. The molecule has 0 radical (unpaired) electrons. The standard InChI is InChI=1S/C15H11F3O/c1-9-2-3-11(16)6-10(9)7-15(19)13-5-4-12(17)8-14(13)18/h2-6,8H,7H2,1H3. The van der Waals surface area contributed by atoms with E-state index in [1.807, 2.05) is 0 Å². The number of benzene rings is 2. The Bertz CT molecular complexity index is 635. The van der Waals surface area contributed by atoms with E-state index in [-0.39, 0.29) is 12.0 Å². The molecule has 0 saturated carbocycles. The fourth-order valence-electron chi connectivity index (χ4n) is 1.81. The lowest BCUT2D eigenvalue weighted by Gasteiger charge is -2.06. The van der Waals surface area contributed by atoms with Gasteiger partial charge in [0.05, 0.1) is 5.56 Å². The highest BCUT2D eigenvalue weighted by Gasteiger charge is 2.14. The number of rotatable bonds is 3. The van der Waals surface area contributed by atoms with Crippen LogP contribution in [0.25, 0.3) is 0 Å². The third-order valence-electron chi connectivity index (χ3n) is 2.89. The summed E-state index contributed by atoms with van der Waals surface area (Å²) in [4.78, 5) is 11.9. The lowest BCUT2D eigenvalue weighted by molar-refractivity contribution is 0.0989. The highest BCUT2D eigenvalue weighted by molar-refractivity contribution is 5.97. The van der Waals surface area contributed by atoms with E-state index in [4.69, 9.17) is 0 Å². The van der Waals surface area contributed by atoms with Crippen molar-refractivity contribution in [2.24, 2.45) is 0 Å². The van der Waals surface area contributed by atoms with Gasteiger partial charge in [-0.25, -0.2) is 13.2 Å². The average molecular weight is 264 g/mol. The molecule has 2 aromatic carbocycles. The zero-order chi connectivity index (χ0) is 14.0.